The molecule has 4 aromatic rings. The van der Waals surface area contributed by atoms with Gasteiger partial charge in [-0.25, -0.2) is 0 Å². The summed E-state index contributed by atoms with van der Waals surface area (Å²) in [4.78, 5) is 12.8. The predicted molar refractivity (Wildman–Crippen MR) is 124 cm³/mol. The number of benzene rings is 2. The largest absolute Gasteiger partial charge is 0.486 e. The number of rotatable bonds is 7. The number of carbonyl (C=O) groups is 1. The Kier molecular flexibility index (Phi) is 6.32. The van der Waals surface area contributed by atoms with Crippen molar-refractivity contribution in [2.45, 2.75) is 33.9 Å². The molecule has 0 radical (unpaired) electrons. The zero-order valence-electron chi connectivity index (χ0n) is 18.2. The molecule has 164 valence electrons. The number of carbonyl (C=O) groups excluding carboxylic acids is 1. The van der Waals surface area contributed by atoms with E-state index in [-0.39, 0.29) is 18.3 Å². The van der Waals surface area contributed by atoms with Crippen molar-refractivity contribution >= 4 is 23.2 Å². The quantitative estimate of drug-likeness (QED) is 0.379. The minimum absolute atomic E-state index is 0.217. The zero-order valence-corrected chi connectivity index (χ0v) is 18.9. The number of hydrogen-bond acceptors (Lipinski definition) is 4. The molecule has 32 heavy (non-hydrogen) atoms. The van der Waals surface area contributed by atoms with Crippen molar-refractivity contribution in [3.63, 3.8) is 0 Å². The zero-order chi connectivity index (χ0) is 22.7. The normalized spacial score (nSPS) is 10.9. The molecular formula is C25H24ClN3O3. The number of nitrogens with zero attached hydrogens (tertiary/aromatic N) is 2. The van der Waals surface area contributed by atoms with Crippen molar-refractivity contribution in [2.75, 3.05) is 5.32 Å². The first-order valence-corrected chi connectivity index (χ1v) is 10.6. The van der Waals surface area contributed by atoms with Gasteiger partial charge in [0.1, 0.15) is 18.1 Å². The lowest BCUT2D eigenvalue weighted by Gasteiger charge is -2.07. The van der Waals surface area contributed by atoms with Crippen LogP contribution < -0.4 is 10.1 Å². The molecule has 0 saturated heterocycles. The molecule has 1 amide bonds. The highest BCUT2D eigenvalue weighted by atomic mass is 35.5. The highest BCUT2D eigenvalue weighted by Gasteiger charge is 2.18. The maximum atomic E-state index is 12.8. The molecule has 2 heterocycles. The second-order valence-electron chi connectivity index (χ2n) is 7.66. The molecule has 1 N–H and O–H groups in total. The van der Waals surface area contributed by atoms with E-state index in [4.69, 9.17) is 20.8 Å². The minimum atomic E-state index is -0.333. The predicted octanol–water partition coefficient (Wildman–Crippen LogP) is 5.93. The molecular weight excluding hydrogens is 426 g/mol. The van der Waals surface area contributed by atoms with Gasteiger partial charge < -0.3 is 14.5 Å². The molecule has 0 atom stereocenters. The van der Waals surface area contributed by atoms with Crippen molar-refractivity contribution < 1.29 is 13.9 Å². The standard InChI is InChI=1S/C25H24ClN3O3/c1-16-6-4-9-21(12-16)31-15-22-10-11-23(32-22)25(30)27-24-17(2)28-29(18(24)3)14-19-7-5-8-20(26)13-19/h4-13H,14-15H2,1-3H3,(H,27,30). The molecule has 0 saturated carbocycles. The third-order valence-electron chi connectivity index (χ3n) is 5.10. The fourth-order valence-electron chi connectivity index (χ4n) is 3.45. The van der Waals surface area contributed by atoms with Crippen LogP contribution >= 0.6 is 11.6 Å². The molecule has 0 spiro atoms. The van der Waals surface area contributed by atoms with Gasteiger partial charge in [0.05, 0.1) is 23.6 Å². The van der Waals surface area contributed by atoms with E-state index in [2.05, 4.69) is 10.4 Å². The van der Waals surface area contributed by atoms with Crippen LogP contribution in [0.1, 0.15) is 38.8 Å². The van der Waals surface area contributed by atoms with Crippen LogP contribution in [0.3, 0.4) is 0 Å². The first-order valence-electron chi connectivity index (χ1n) is 10.3. The van der Waals surface area contributed by atoms with E-state index >= 15 is 0 Å². The first-order chi connectivity index (χ1) is 15.4. The van der Waals surface area contributed by atoms with E-state index < -0.39 is 0 Å². The monoisotopic (exact) mass is 449 g/mol. The Morgan fingerprint density at radius 2 is 1.91 bits per heavy atom. The number of aryl methyl sites for hydroxylation is 2. The van der Waals surface area contributed by atoms with Crippen molar-refractivity contribution in [1.82, 2.24) is 9.78 Å². The number of aromatic nitrogens is 2. The number of anilines is 1. The molecule has 2 aromatic heterocycles. The summed E-state index contributed by atoms with van der Waals surface area (Å²) in [5.41, 5.74) is 4.40. The minimum Gasteiger partial charge on any atom is -0.486 e. The Morgan fingerprint density at radius 1 is 1.09 bits per heavy atom. The number of halogens is 1. The summed E-state index contributed by atoms with van der Waals surface area (Å²) >= 11 is 6.08. The number of ether oxygens (including phenoxy) is 1. The van der Waals surface area contributed by atoms with Gasteiger partial charge in [0.25, 0.3) is 5.91 Å². The van der Waals surface area contributed by atoms with Crippen molar-refractivity contribution in [2.24, 2.45) is 0 Å². The topological polar surface area (TPSA) is 69.3 Å². The Morgan fingerprint density at radius 3 is 2.69 bits per heavy atom. The number of nitrogens with one attached hydrogen (secondary N) is 1. The van der Waals surface area contributed by atoms with Crippen LogP contribution in [0, 0.1) is 20.8 Å². The number of amides is 1. The maximum Gasteiger partial charge on any atom is 0.291 e. The molecule has 0 aliphatic rings. The number of hydrogen-bond donors (Lipinski definition) is 1. The molecule has 0 aliphatic heterocycles. The average molecular weight is 450 g/mol. The van der Waals surface area contributed by atoms with Gasteiger partial charge in [0, 0.05) is 5.02 Å². The Bertz CT molecular complexity index is 1260. The van der Waals surface area contributed by atoms with Crippen LogP contribution in [0.25, 0.3) is 0 Å². The van der Waals surface area contributed by atoms with Gasteiger partial charge >= 0.3 is 0 Å². The lowest BCUT2D eigenvalue weighted by molar-refractivity contribution is 0.0992. The van der Waals surface area contributed by atoms with Gasteiger partial charge in [-0.1, -0.05) is 35.9 Å². The van der Waals surface area contributed by atoms with Crippen LogP contribution in [0.5, 0.6) is 5.75 Å². The summed E-state index contributed by atoms with van der Waals surface area (Å²) < 4.78 is 13.3. The first kappa shape index (κ1) is 21.7. The Labute approximate surface area is 191 Å². The lowest BCUT2D eigenvalue weighted by atomic mass is 10.2. The third kappa shape index (κ3) is 5.03. The van der Waals surface area contributed by atoms with E-state index in [0.29, 0.717) is 23.0 Å². The Hall–Kier alpha value is -3.51. The summed E-state index contributed by atoms with van der Waals surface area (Å²) in [6.07, 6.45) is 0. The molecule has 0 fully saturated rings. The molecule has 2 aromatic carbocycles. The van der Waals surface area contributed by atoms with Gasteiger partial charge in [0.2, 0.25) is 0 Å². The second-order valence-corrected chi connectivity index (χ2v) is 8.10. The van der Waals surface area contributed by atoms with E-state index in [0.717, 1.165) is 28.3 Å². The van der Waals surface area contributed by atoms with E-state index in [1.165, 1.54) is 0 Å². The van der Waals surface area contributed by atoms with Gasteiger partial charge in [0.15, 0.2) is 5.76 Å². The van der Waals surface area contributed by atoms with Crippen molar-refractivity contribution in [1.29, 1.82) is 0 Å². The molecule has 7 heteroatoms. The van der Waals surface area contributed by atoms with Crippen LogP contribution in [-0.2, 0) is 13.2 Å². The number of furan rings is 1. The molecule has 6 nitrogen and oxygen atoms in total. The van der Waals surface area contributed by atoms with Gasteiger partial charge in [-0.3, -0.25) is 9.48 Å². The average Bonchev–Trinajstić information content (AvgIpc) is 3.33. The smallest absolute Gasteiger partial charge is 0.291 e. The van der Waals surface area contributed by atoms with Crippen LogP contribution in [0.2, 0.25) is 5.02 Å². The molecule has 0 aliphatic carbocycles. The van der Waals surface area contributed by atoms with Gasteiger partial charge in [-0.05, 0) is 68.3 Å². The van der Waals surface area contributed by atoms with Crippen LogP contribution in [-0.4, -0.2) is 15.7 Å². The van der Waals surface area contributed by atoms with Crippen LogP contribution in [0.4, 0.5) is 5.69 Å². The van der Waals surface area contributed by atoms with E-state index in [1.807, 2.05) is 74.0 Å². The maximum absolute atomic E-state index is 12.8. The second kappa shape index (κ2) is 9.32. The SMILES string of the molecule is Cc1cccc(OCc2ccc(C(=O)Nc3c(C)nn(Cc4cccc(Cl)c4)c3C)o2)c1. The Balaban J connectivity index is 1.42. The van der Waals surface area contributed by atoms with Crippen LogP contribution in [0.15, 0.2) is 65.1 Å². The summed E-state index contributed by atoms with van der Waals surface area (Å²) in [6, 6.07) is 18.8. The van der Waals surface area contributed by atoms with E-state index in [1.54, 1.807) is 12.1 Å². The summed E-state index contributed by atoms with van der Waals surface area (Å²) in [5.74, 6) is 1.21. The summed E-state index contributed by atoms with van der Waals surface area (Å²) in [5, 5.41) is 8.17. The summed E-state index contributed by atoms with van der Waals surface area (Å²) in [6.45, 7) is 6.59. The van der Waals surface area contributed by atoms with E-state index in [9.17, 15) is 4.79 Å². The van der Waals surface area contributed by atoms with Gasteiger partial charge in [-0.15, -0.1) is 0 Å². The molecule has 4 rings (SSSR count). The lowest BCUT2D eigenvalue weighted by Crippen LogP contribution is -2.12. The van der Waals surface area contributed by atoms with Gasteiger partial charge in [-0.2, -0.15) is 5.10 Å². The molecule has 0 bridgehead atoms. The third-order valence-corrected chi connectivity index (χ3v) is 5.33. The fourth-order valence-corrected chi connectivity index (χ4v) is 3.67. The highest BCUT2D eigenvalue weighted by molar-refractivity contribution is 6.30. The fraction of sp³-hybridized carbons (Fsp3) is 0.200. The summed E-state index contributed by atoms with van der Waals surface area (Å²) in [7, 11) is 0. The molecule has 0 unspecified atom stereocenters. The van der Waals surface area contributed by atoms with Crippen molar-refractivity contribution in [3.05, 3.63) is 99.7 Å². The van der Waals surface area contributed by atoms with Crippen molar-refractivity contribution in [3.8, 4) is 5.75 Å². The highest BCUT2D eigenvalue weighted by Crippen LogP contribution is 2.23.